The summed E-state index contributed by atoms with van der Waals surface area (Å²) in [6.45, 7) is 6.38. The Labute approximate surface area is 96.9 Å². The molecule has 0 saturated heterocycles. The minimum Gasteiger partial charge on any atom is -0.467 e. The fourth-order valence-electron chi connectivity index (χ4n) is 1.20. The van der Waals surface area contributed by atoms with Crippen LogP contribution in [0.15, 0.2) is 0 Å². The summed E-state index contributed by atoms with van der Waals surface area (Å²) in [5.74, 6) is -0.412. The lowest BCUT2D eigenvalue weighted by atomic mass is 10.1. The number of rotatable bonds is 6. The molecule has 0 aromatic rings. The van der Waals surface area contributed by atoms with Gasteiger partial charge in [-0.3, -0.25) is 0 Å². The highest BCUT2D eigenvalue weighted by atomic mass is 16.5. The maximum Gasteiger partial charge on any atom is 0.328 e. The molecule has 0 aliphatic heterocycles. The number of carbonyl (C=O) groups is 2. The Balaban J connectivity index is 4.09. The molecule has 0 aromatic carbocycles. The molecule has 0 saturated carbocycles. The van der Waals surface area contributed by atoms with Crippen molar-refractivity contribution in [1.82, 2.24) is 10.6 Å². The second-order valence-corrected chi connectivity index (χ2v) is 4.00. The first-order valence-electron chi connectivity index (χ1n) is 5.65. The Morgan fingerprint density at radius 3 is 2.38 bits per heavy atom. The molecule has 1 atom stereocenters. The quantitative estimate of drug-likeness (QED) is 0.533. The Bertz CT molecular complexity index is 229. The van der Waals surface area contributed by atoms with E-state index in [-0.39, 0.29) is 11.9 Å². The molecule has 0 unspecified atom stereocenters. The van der Waals surface area contributed by atoms with E-state index in [9.17, 15) is 9.59 Å². The van der Waals surface area contributed by atoms with Crippen LogP contribution in [0, 0.1) is 5.92 Å². The van der Waals surface area contributed by atoms with Gasteiger partial charge in [-0.25, -0.2) is 9.59 Å². The van der Waals surface area contributed by atoms with E-state index in [1.165, 1.54) is 7.11 Å². The molecule has 0 aliphatic rings. The largest absolute Gasteiger partial charge is 0.467 e. The second-order valence-electron chi connectivity index (χ2n) is 4.00. The highest BCUT2D eigenvalue weighted by Crippen LogP contribution is 2.03. The van der Waals surface area contributed by atoms with Gasteiger partial charge in [0.2, 0.25) is 0 Å². The average molecular weight is 230 g/mol. The maximum atomic E-state index is 11.4. The predicted octanol–water partition coefficient (Wildman–Crippen LogP) is 1.28. The molecule has 0 fully saturated rings. The molecule has 5 nitrogen and oxygen atoms in total. The highest BCUT2D eigenvalue weighted by molar-refractivity contribution is 5.83. The van der Waals surface area contributed by atoms with E-state index in [1.54, 1.807) is 0 Å². The summed E-state index contributed by atoms with van der Waals surface area (Å²) in [4.78, 5) is 22.8. The standard InChI is InChI=1S/C11H22N2O3/c1-5-6-7-12-11(15)13-9(8(2)3)10(14)16-4/h8-9H,5-7H2,1-4H3,(H2,12,13,15)/t9-/m0/s1. The van der Waals surface area contributed by atoms with Gasteiger partial charge in [-0.15, -0.1) is 0 Å². The van der Waals surface area contributed by atoms with Crippen LogP contribution < -0.4 is 10.6 Å². The number of urea groups is 1. The Kier molecular flexibility index (Phi) is 7.33. The van der Waals surface area contributed by atoms with Crippen molar-refractivity contribution in [1.29, 1.82) is 0 Å². The van der Waals surface area contributed by atoms with Crippen LogP contribution in [0.5, 0.6) is 0 Å². The van der Waals surface area contributed by atoms with E-state index in [0.29, 0.717) is 6.54 Å². The third-order valence-electron chi connectivity index (χ3n) is 2.22. The third kappa shape index (κ3) is 5.58. The average Bonchev–Trinajstić information content (AvgIpc) is 2.25. The summed E-state index contributed by atoms with van der Waals surface area (Å²) in [7, 11) is 1.31. The van der Waals surface area contributed by atoms with Gasteiger partial charge in [0, 0.05) is 6.54 Å². The fourth-order valence-corrected chi connectivity index (χ4v) is 1.20. The second kappa shape index (κ2) is 7.96. The van der Waals surface area contributed by atoms with Crippen LogP contribution in [0.25, 0.3) is 0 Å². The molecule has 0 rings (SSSR count). The van der Waals surface area contributed by atoms with Crippen molar-refractivity contribution in [3.05, 3.63) is 0 Å². The molecule has 0 aliphatic carbocycles. The van der Waals surface area contributed by atoms with E-state index in [4.69, 9.17) is 0 Å². The molecule has 2 N–H and O–H groups in total. The van der Waals surface area contributed by atoms with E-state index in [0.717, 1.165) is 12.8 Å². The van der Waals surface area contributed by atoms with Gasteiger partial charge in [-0.2, -0.15) is 0 Å². The van der Waals surface area contributed by atoms with Gasteiger partial charge in [0.15, 0.2) is 0 Å². The van der Waals surface area contributed by atoms with E-state index >= 15 is 0 Å². The molecular formula is C11H22N2O3. The lowest BCUT2D eigenvalue weighted by Crippen LogP contribution is -2.49. The first-order chi connectivity index (χ1) is 7.52. The number of hydrogen-bond donors (Lipinski definition) is 2. The van der Waals surface area contributed by atoms with Gasteiger partial charge in [0.05, 0.1) is 7.11 Å². The molecule has 0 heterocycles. The molecule has 0 spiro atoms. The van der Waals surface area contributed by atoms with Crippen molar-refractivity contribution in [3.8, 4) is 0 Å². The van der Waals surface area contributed by atoms with Crippen LogP contribution in [0.3, 0.4) is 0 Å². The van der Waals surface area contributed by atoms with Crippen LogP contribution in [-0.2, 0) is 9.53 Å². The number of hydrogen-bond acceptors (Lipinski definition) is 3. The molecule has 16 heavy (non-hydrogen) atoms. The summed E-state index contributed by atoms with van der Waals surface area (Å²) in [5, 5.41) is 5.29. The van der Waals surface area contributed by atoms with Gasteiger partial charge in [0.1, 0.15) is 6.04 Å². The van der Waals surface area contributed by atoms with Crippen molar-refractivity contribution in [2.75, 3.05) is 13.7 Å². The number of carbonyl (C=O) groups excluding carboxylic acids is 2. The summed E-state index contributed by atoms with van der Waals surface area (Å²) in [5.41, 5.74) is 0. The number of unbranched alkanes of at least 4 members (excludes halogenated alkanes) is 1. The SMILES string of the molecule is CCCCNC(=O)N[C@H](C(=O)OC)C(C)C. The van der Waals surface area contributed by atoms with E-state index in [1.807, 2.05) is 20.8 Å². The zero-order valence-corrected chi connectivity index (χ0v) is 10.5. The van der Waals surface area contributed by atoms with Gasteiger partial charge in [0.25, 0.3) is 0 Å². The van der Waals surface area contributed by atoms with Crippen molar-refractivity contribution in [2.24, 2.45) is 5.92 Å². The van der Waals surface area contributed by atoms with E-state index < -0.39 is 12.0 Å². The third-order valence-corrected chi connectivity index (χ3v) is 2.22. The zero-order valence-electron chi connectivity index (χ0n) is 10.5. The first-order valence-corrected chi connectivity index (χ1v) is 5.65. The van der Waals surface area contributed by atoms with Crippen LogP contribution in [0.1, 0.15) is 33.6 Å². The smallest absolute Gasteiger partial charge is 0.328 e. The molecule has 0 bridgehead atoms. The van der Waals surface area contributed by atoms with Gasteiger partial charge < -0.3 is 15.4 Å². The number of ether oxygens (including phenoxy) is 1. The monoisotopic (exact) mass is 230 g/mol. The van der Waals surface area contributed by atoms with Crippen molar-refractivity contribution in [3.63, 3.8) is 0 Å². The van der Waals surface area contributed by atoms with Gasteiger partial charge >= 0.3 is 12.0 Å². The van der Waals surface area contributed by atoms with Gasteiger partial charge in [-0.1, -0.05) is 27.2 Å². The summed E-state index contributed by atoms with van der Waals surface area (Å²) >= 11 is 0. The number of methoxy groups -OCH3 is 1. The van der Waals surface area contributed by atoms with Crippen LogP contribution in [0.2, 0.25) is 0 Å². The normalized spacial score (nSPS) is 12.1. The molecule has 0 aromatic heterocycles. The number of amides is 2. The van der Waals surface area contributed by atoms with E-state index in [2.05, 4.69) is 15.4 Å². The lowest BCUT2D eigenvalue weighted by molar-refractivity contribution is -0.143. The predicted molar refractivity (Wildman–Crippen MR) is 62.1 cm³/mol. The topological polar surface area (TPSA) is 67.4 Å². The molecule has 0 radical (unpaired) electrons. The zero-order chi connectivity index (χ0) is 12.6. The van der Waals surface area contributed by atoms with Gasteiger partial charge in [-0.05, 0) is 12.3 Å². The fraction of sp³-hybridized carbons (Fsp3) is 0.818. The first kappa shape index (κ1) is 14.7. The molecule has 2 amide bonds. The minimum absolute atomic E-state index is 0.00405. The van der Waals surface area contributed by atoms with Crippen molar-refractivity contribution in [2.45, 2.75) is 39.7 Å². The Hall–Kier alpha value is -1.26. The highest BCUT2D eigenvalue weighted by Gasteiger charge is 2.24. The number of nitrogens with one attached hydrogen (secondary N) is 2. The summed E-state index contributed by atoms with van der Waals surface area (Å²) < 4.78 is 4.62. The van der Waals surface area contributed by atoms with Crippen molar-refractivity contribution >= 4 is 12.0 Å². The summed E-state index contributed by atoms with van der Waals surface area (Å²) in [6, 6.07) is -0.913. The molecule has 5 heteroatoms. The Morgan fingerprint density at radius 1 is 1.31 bits per heavy atom. The molecular weight excluding hydrogens is 208 g/mol. The lowest BCUT2D eigenvalue weighted by Gasteiger charge is -2.19. The van der Waals surface area contributed by atoms with Crippen molar-refractivity contribution < 1.29 is 14.3 Å². The summed E-state index contributed by atoms with van der Waals surface area (Å²) in [6.07, 6.45) is 1.95. The van der Waals surface area contributed by atoms with Crippen LogP contribution >= 0.6 is 0 Å². The van der Waals surface area contributed by atoms with Crippen LogP contribution in [0.4, 0.5) is 4.79 Å². The Morgan fingerprint density at radius 2 is 1.94 bits per heavy atom. The number of esters is 1. The van der Waals surface area contributed by atoms with Crippen LogP contribution in [-0.4, -0.2) is 31.7 Å². The minimum atomic E-state index is -0.591. The molecule has 94 valence electrons. The maximum absolute atomic E-state index is 11.4.